The van der Waals surface area contributed by atoms with Gasteiger partial charge in [0.05, 0.1) is 12.3 Å². The van der Waals surface area contributed by atoms with Crippen LogP contribution in [0.5, 0.6) is 0 Å². The van der Waals surface area contributed by atoms with Crippen molar-refractivity contribution in [1.82, 2.24) is 5.32 Å². The highest BCUT2D eigenvalue weighted by molar-refractivity contribution is 5.39. The van der Waals surface area contributed by atoms with Crippen LogP contribution < -0.4 is 5.32 Å². The average molecular weight is 229 g/mol. The van der Waals surface area contributed by atoms with E-state index in [0.717, 1.165) is 12.3 Å². The number of hydrogen-bond donors (Lipinski definition) is 1. The smallest absolute Gasteiger partial charge is 0.125 e. The fraction of sp³-hybridized carbons (Fsp3) is 0.333. The highest BCUT2D eigenvalue weighted by Gasteiger charge is 2.19. The van der Waals surface area contributed by atoms with E-state index in [0.29, 0.717) is 0 Å². The molecule has 2 rings (SSSR count). The van der Waals surface area contributed by atoms with Crippen molar-refractivity contribution in [2.24, 2.45) is 0 Å². The molecule has 1 atom stereocenters. The Balaban J connectivity index is 2.46. The molecule has 0 radical (unpaired) electrons. The molecule has 0 aliphatic carbocycles. The van der Waals surface area contributed by atoms with Gasteiger partial charge >= 0.3 is 0 Å². The van der Waals surface area contributed by atoms with Gasteiger partial charge in [0.1, 0.15) is 5.76 Å². The standard InChI is InChI=1S/C15H19NO/c1-4-16-15(13-9-6-10-17-13)14-11(2)7-5-8-12(14)3/h5-10,15-16H,4H2,1-3H3. The van der Waals surface area contributed by atoms with Gasteiger partial charge in [-0.05, 0) is 49.2 Å². The minimum absolute atomic E-state index is 0.149. The number of aryl methyl sites for hydroxylation is 2. The Hall–Kier alpha value is -1.54. The molecule has 90 valence electrons. The maximum absolute atomic E-state index is 5.55. The first-order valence-electron chi connectivity index (χ1n) is 6.07. The van der Waals surface area contributed by atoms with Crippen LogP contribution in [0.2, 0.25) is 0 Å². The lowest BCUT2D eigenvalue weighted by atomic mass is 9.94. The summed E-state index contributed by atoms with van der Waals surface area (Å²) in [6.07, 6.45) is 1.73. The molecular formula is C15H19NO. The van der Waals surface area contributed by atoms with Gasteiger partial charge in [0, 0.05) is 0 Å². The van der Waals surface area contributed by atoms with Gasteiger partial charge in [-0.1, -0.05) is 25.1 Å². The Morgan fingerprint density at radius 1 is 1.12 bits per heavy atom. The molecule has 0 saturated heterocycles. The molecule has 0 amide bonds. The second-order valence-corrected chi connectivity index (χ2v) is 4.31. The van der Waals surface area contributed by atoms with Crippen LogP contribution >= 0.6 is 0 Å². The minimum Gasteiger partial charge on any atom is -0.467 e. The second kappa shape index (κ2) is 5.19. The molecule has 0 spiro atoms. The van der Waals surface area contributed by atoms with Gasteiger partial charge in [-0.3, -0.25) is 0 Å². The second-order valence-electron chi connectivity index (χ2n) is 4.31. The Bertz CT molecular complexity index is 453. The molecule has 0 fully saturated rings. The van der Waals surface area contributed by atoms with Crippen LogP contribution in [0.15, 0.2) is 41.0 Å². The maximum atomic E-state index is 5.55. The highest BCUT2D eigenvalue weighted by Crippen LogP contribution is 2.27. The Kier molecular flexibility index (Phi) is 3.64. The molecular weight excluding hydrogens is 210 g/mol. The number of furan rings is 1. The zero-order valence-corrected chi connectivity index (χ0v) is 10.7. The first kappa shape index (κ1) is 11.9. The van der Waals surface area contributed by atoms with Crippen LogP contribution in [0.3, 0.4) is 0 Å². The number of nitrogens with one attached hydrogen (secondary N) is 1. The van der Waals surface area contributed by atoms with Gasteiger partial charge in [-0.15, -0.1) is 0 Å². The lowest BCUT2D eigenvalue weighted by Gasteiger charge is -2.20. The molecule has 1 heterocycles. The topological polar surface area (TPSA) is 25.2 Å². The van der Waals surface area contributed by atoms with Crippen molar-refractivity contribution in [3.05, 3.63) is 59.0 Å². The molecule has 2 nitrogen and oxygen atoms in total. The molecule has 0 bridgehead atoms. The van der Waals surface area contributed by atoms with Crippen LogP contribution in [0.1, 0.15) is 35.4 Å². The van der Waals surface area contributed by atoms with Crippen LogP contribution in [0.25, 0.3) is 0 Å². The zero-order chi connectivity index (χ0) is 12.3. The van der Waals surface area contributed by atoms with Crippen molar-refractivity contribution in [3.8, 4) is 0 Å². The largest absolute Gasteiger partial charge is 0.467 e. The predicted molar refractivity (Wildman–Crippen MR) is 70.1 cm³/mol. The third-order valence-electron chi connectivity index (χ3n) is 3.07. The summed E-state index contributed by atoms with van der Waals surface area (Å²) in [4.78, 5) is 0. The molecule has 1 aromatic heterocycles. The van der Waals surface area contributed by atoms with E-state index in [2.05, 4.69) is 44.3 Å². The van der Waals surface area contributed by atoms with Crippen LogP contribution in [-0.2, 0) is 0 Å². The van der Waals surface area contributed by atoms with Gasteiger partial charge in [0.15, 0.2) is 0 Å². The quantitative estimate of drug-likeness (QED) is 0.866. The van der Waals surface area contributed by atoms with E-state index in [9.17, 15) is 0 Å². The van der Waals surface area contributed by atoms with Crippen molar-refractivity contribution in [2.45, 2.75) is 26.8 Å². The van der Waals surface area contributed by atoms with Crippen LogP contribution in [0.4, 0.5) is 0 Å². The maximum Gasteiger partial charge on any atom is 0.125 e. The van der Waals surface area contributed by atoms with Crippen molar-refractivity contribution < 1.29 is 4.42 Å². The lowest BCUT2D eigenvalue weighted by molar-refractivity contribution is 0.450. The molecule has 0 aliphatic heterocycles. The fourth-order valence-corrected chi connectivity index (χ4v) is 2.29. The zero-order valence-electron chi connectivity index (χ0n) is 10.7. The number of hydrogen-bond acceptors (Lipinski definition) is 2. The van der Waals surface area contributed by atoms with E-state index in [-0.39, 0.29) is 6.04 Å². The summed E-state index contributed by atoms with van der Waals surface area (Å²) in [7, 11) is 0. The van der Waals surface area contributed by atoms with E-state index in [4.69, 9.17) is 4.42 Å². The molecule has 17 heavy (non-hydrogen) atoms. The fourth-order valence-electron chi connectivity index (χ4n) is 2.29. The van der Waals surface area contributed by atoms with Gasteiger partial charge in [-0.25, -0.2) is 0 Å². The average Bonchev–Trinajstić information content (AvgIpc) is 2.80. The first-order valence-corrected chi connectivity index (χ1v) is 6.07. The first-order chi connectivity index (χ1) is 8.24. The molecule has 1 unspecified atom stereocenters. The molecule has 0 aliphatic rings. The summed E-state index contributed by atoms with van der Waals surface area (Å²) in [6.45, 7) is 7.33. The van der Waals surface area contributed by atoms with Gasteiger partial charge in [-0.2, -0.15) is 0 Å². The predicted octanol–water partition coefficient (Wildman–Crippen LogP) is 3.60. The SMILES string of the molecule is CCNC(c1ccco1)c1c(C)cccc1C. The summed E-state index contributed by atoms with van der Waals surface area (Å²) < 4.78 is 5.55. The molecule has 2 heteroatoms. The normalized spacial score (nSPS) is 12.6. The van der Waals surface area contributed by atoms with E-state index in [1.807, 2.05) is 12.1 Å². The monoisotopic (exact) mass is 229 g/mol. The lowest BCUT2D eigenvalue weighted by Crippen LogP contribution is -2.23. The molecule has 0 saturated carbocycles. The summed E-state index contributed by atoms with van der Waals surface area (Å²) >= 11 is 0. The van der Waals surface area contributed by atoms with Crippen molar-refractivity contribution in [3.63, 3.8) is 0 Å². The molecule has 2 aromatic rings. The van der Waals surface area contributed by atoms with Gasteiger partial charge in [0.25, 0.3) is 0 Å². The van der Waals surface area contributed by atoms with E-state index < -0.39 is 0 Å². The summed E-state index contributed by atoms with van der Waals surface area (Å²) in [6, 6.07) is 10.5. The summed E-state index contributed by atoms with van der Waals surface area (Å²) in [5, 5.41) is 3.49. The van der Waals surface area contributed by atoms with Crippen molar-refractivity contribution in [2.75, 3.05) is 6.54 Å². The van der Waals surface area contributed by atoms with Crippen molar-refractivity contribution in [1.29, 1.82) is 0 Å². The van der Waals surface area contributed by atoms with Crippen molar-refractivity contribution >= 4 is 0 Å². The van der Waals surface area contributed by atoms with Gasteiger partial charge < -0.3 is 9.73 Å². The Labute approximate surface area is 103 Å². The molecule has 1 N–H and O–H groups in total. The Morgan fingerprint density at radius 2 is 1.82 bits per heavy atom. The van der Waals surface area contributed by atoms with E-state index >= 15 is 0 Å². The van der Waals surface area contributed by atoms with Gasteiger partial charge in [0.2, 0.25) is 0 Å². The summed E-state index contributed by atoms with van der Waals surface area (Å²) in [5.74, 6) is 0.976. The van der Waals surface area contributed by atoms with E-state index in [1.54, 1.807) is 6.26 Å². The van der Waals surface area contributed by atoms with Crippen LogP contribution in [0, 0.1) is 13.8 Å². The summed E-state index contributed by atoms with van der Waals surface area (Å²) in [5.41, 5.74) is 3.92. The third kappa shape index (κ3) is 2.42. The highest BCUT2D eigenvalue weighted by atomic mass is 16.3. The third-order valence-corrected chi connectivity index (χ3v) is 3.07. The Morgan fingerprint density at radius 3 is 2.35 bits per heavy atom. The minimum atomic E-state index is 0.149. The molecule has 1 aromatic carbocycles. The van der Waals surface area contributed by atoms with Crippen LogP contribution in [-0.4, -0.2) is 6.54 Å². The number of benzene rings is 1. The number of rotatable bonds is 4. The van der Waals surface area contributed by atoms with E-state index in [1.165, 1.54) is 16.7 Å².